The standard InChI is InChI=1S/C22H24FN7O2S/c1-3-4-11-29-19-17(20(31)25-21(29)32)28(2)16(24-19)12-33-22-27-26-18(30(22)13-9-10-13)14-7-5-6-8-15(14)23/h5-8,13H,3-4,9-12H2,1-2H3,(H,25,31,32). The molecule has 4 aromatic rings. The van der Waals surface area contributed by atoms with Crippen LogP contribution in [-0.4, -0.2) is 33.9 Å². The van der Waals surface area contributed by atoms with Crippen molar-refractivity contribution in [2.24, 2.45) is 7.05 Å². The summed E-state index contributed by atoms with van der Waals surface area (Å²) >= 11 is 1.44. The molecule has 9 nitrogen and oxygen atoms in total. The average Bonchev–Trinajstić information content (AvgIpc) is 3.46. The Balaban J connectivity index is 1.49. The molecule has 1 N–H and O–H groups in total. The molecule has 0 unspecified atom stereocenters. The van der Waals surface area contributed by atoms with Crippen molar-refractivity contribution in [3.63, 3.8) is 0 Å². The SMILES string of the molecule is CCCCn1c(=O)[nH]c(=O)c2c1nc(CSc1nnc(-c3ccccc3F)n1C1CC1)n2C. The van der Waals surface area contributed by atoms with Crippen LogP contribution in [0.15, 0.2) is 39.0 Å². The molecule has 1 aliphatic rings. The third kappa shape index (κ3) is 3.90. The first kappa shape index (κ1) is 21.6. The van der Waals surface area contributed by atoms with Crippen molar-refractivity contribution in [3.8, 4) is 11.4 Å². The number of rotatable bonds is 8. The molecule has 0 spiro atoms. The summed E-state index contributed by atoms with van der Waals surface area (Å²) in [5.41, 5.74) is 0.305. The van der Waals surface area contributed by atoms with Gasteiger partial charge in [-0.1, -0.05) is 37.2 Å². The highest BCUT2D eigenvalue weighted by Gasteiger charge is 2.31. The summed E-state index contributed by atoms with van der Waals surface area (Å²) < 4.78 is 19.6. The fourth-order valence-electron chi connectivity index (χ4n) is 3.94. The quantitative estimate of drug-likeness (QED) is 0.398. The fraction of sp³-hybridized carbons (Fsp3) is 0.409. The number of aromatic nitrogens is 7. The van der Waals surface area contributed by atoms with E-state index in [4.69, 9.17) is 0 Å². The zero-order chi connectivity index (χ0) is 23.1. The number of benzene rings is 1. The Bertz CT molecular complexity index is 1450. The van der Waals surface area contributed by atoms with Crippen molar-refractivity contribution < 1.29 is 4.39 Å². The summed E-state index contributed by atoms with van der Waals surface area (Å²) in [6, 6.07) is 6.81. The Morgan fingerprint density at radius 3 is 2.73 bits per heavy atom. The summed E-state index contributed by atoms with van der Waals surface area (Å²) in [7, 11) is 1.77. The number of aromatic amines is 1. The summed E-state index contributed by atoms with van der Waals surface area (Å²) in [5.74, 6) is 1.26. The van der Waals surface area contributed by atoms with E-state index >= 15 is 0 Å². The second-order valence-electron chi connectivity index (χ2n) is 8.20. The van der Waals surface area contributed by atoms with Crippen LogP contribution in [0.25, 0.3) is 22.6 Å². The number of hydrogen-bond acceptors (Lipinski definition) is 6. The van der Waals surface area contributed by atoms with Gasteiger partial charge in [-0.05, 0) is 31.4 Å². The zero-order valence-electron chi connectivity index (χ0n) is 18.4. The number of aryl methyl sites for hydroxylation is 2. The molecule has 3 heterocycles. The number of unbranched alkanes of at least 4 members (excludes halogenated alkanes) is 1. The fourth-order valence-corrected chi connectivity index (χ4v) is 4.93. The van der Waals surface area contributed by atoms with Gasteiger partial charge < -0.3 is 4.57 Å². The number of fused-ring (bicyclic) bond motifs is 1. The molecule has 0 amide bonds. The van der Waals surface area contributed by atoms with Crippen LogP contribution in [-0.2, 0) is 19.3 Å². The van der Waals surface area contributed by atoms with Crippen LogP contribution >= 0.6 is 11.8 Å². The molecule has 0 bridgehead atoms. The van der Waals surface area contributed by atoms with E-state index in [0.29, 0.717) is 45.8 Å². The maximum absolute atomic E-state index is 14.4. The summed E-state index contributed by atoms with van der Waals surface area (Å²) in [6.45, 7) is 2.54. The highest BCUT2D eigenvalue weighted by molar-refractivity contribution is 7.98. The Hall–Kier alpha value is -3.21. The van der Waals surface area contributed by atoms with Crippen molar-refractivity contribution in [2.75, 3.05) is 0 Å². The molecule has 1 aromatic carbocycles. The summed E-state index contributed by atoms with van der Waals surface area (Å²) in [4.78, 5) is 31.9. The van der Waals surface area contributed by atoms with Crippen molar-refractivity contribution in [1.82, 2.24) is 33.9 Å². The van der Waals surface area contributed by atoms with E-state index in [0.717, 1.165) is 25.7 Å². The lowest BCUT2D eigenvalue weighted by Crippen LogP contribution is -2.31. The molecular formula is C22H24FN7O2S. The van der Waals surface area contributed by atoms with Crippen LogP contribution < -0.4 is 11.2 Å². The van der Waals surface area contributed by atoms with Crippen LogP contribution in [0, 0.1) is 5.82 Å². The number of hydrogen-bond donors (Lipinski definition) is 1. The molecule has 33 heavy (non-hydrogen) atoms. The van der Waals surface area contributed by atoms with Gasteiger partial charge in [0.05, 0.1) is 11.3 Å². The topological polar surface area (TPSA) is 103 Å². The minimum atomic E-state index is -0.447. The first-order valence-electron chi connectivity index (χ1n) is 11.0. The number of imidazole rings is 1. The highest BCUT2D eigenvalue weighted by Crippen LogP contribution is 2.41. The van der Waals surface area contributed by atoms with Gasteiger partial charge in [0.25, 0.3) is 5.56 Å². The Morgan fingerprint density at radius 1 is 1.21 bits per heavy atom. The Morgan fingerprint density at radius 2 is 2.00 bits per heavy atom. The predicted octanol–water partition coefficient (Wildman–Crippen LogP) is 3.25. The molecule has 0 saturated heterocycles. The van der Waals surface area contributed by atoms with Crippen molar-refractivity contribution >= 4 is 22.9 Å². The van der Waals surface area contributed by atoms with E-state index in [-0.39, 0.29) is 11.9 Å². The molecule has 11 heteroatoms. The molecule has 0 atom stereocenters. The number of H-pyrrole nitrogens is 1. The molecule has 5 rings (SSSR count). The molecule has 0 aliphatic heterocycles. The van der Waals surface area contributed by atoms with Gasteiger partial charge in [0.1, 0.15) is 11.6 Å². The lowest BCUT2D eigenvalue weighted by Gasteiger charge is -2.09. The largest absolute Gasteiger partial charge is 0.330 e. The molecule has 1 aliphatic carbocycles. The normalized spacial score (nSPS) is 13.8. The van der Waals surface area contributed by atoms with E-state index in [9.17, 15) is 14.0 Å². The van der Waals surface area contributed by atoms with Crippen LogP contribution in [0.1, 0.15) is 44.5 Å². The zero-order valence-corrected chi connectivity index (χ0v) is 19.2. The van der Waals surface area contributed by atoms with Gasteiger partial charge in [-0.15, -0.1) is 10.2 Å². The van der Waals surface area contributed by atoms with Gasteiger partial charge in [-0.25, -0.2) is 14.2 Å². The van der Waals surface area contributed by atoms with Gasteiger partial charge in [-0.3, -0.25) is 18.9 Å². The molecule has 1 fully saturated rings. The summed E-state index contributed by atoms with van der Waals surface area (Å²) in [5, 5.41) is 9.30. The minimum Gasteiger partial charge on any atom is -0.325 e. The second-order valence-corrected chi connectivity index (χ2v) is 9.14. The first-order chi connectivity index (χ1) is 16.0. The molecule has 0 radical (unpaired) electrons. The Kier molecular flexibility index (Phi) is 5.65. The smallest absolute Gasteiger partial charge is 0.325 e. The van der Waals surface area contributed by atoms with Crippen molar-refractivity contribution in [3.05, 3.63) is 56.7 Å². The predicted molar refractivity (Wildman–Crippen MR) is 124 cm³/mol. The van der Waals surface area contributed by atoms with E-state index in [1.807, 2.05) is 11.5 Å². The number of halogens is 1. The third-order valence-electron chi connectivity index (χ3n) is 5.86. The lowest BCUT2D eigenvalue weighted by molar-refractivity contribution is 0.613. The van der Waals surface area contributed by atoms with Crippen LogP contribution in [0.3, 0.4) is 0 Å². The minimum absolute atomic E-state index is 0.250. The van der Waals surface area contributed by atoms with E-state index < -0.39 is 11.2 Å². The molecule has 3 aromatic heterocycles. The third-order valence-corrected chi connectivity index (χ3v) is 6.80. The van der Waals surface area contributed by atoms with E-state index in [2.05, 4.69) is 20.2 Å². The highest BCUT2D eigenvalue weighted by atomic mass is 32.2. The van der Waals surface area contributed by atoms with Gasteiger partial charge in [0.15, 0.2) is 22.1 Å². The summed E-state index contributed by atoms with van der Waals surface area (Å²) in [6.07, 6.45) is 3.73. The van der Waals surface area contributed by atoms with E-state index in [1.54, 1.807) is 29.8 Å². The van der Waals surface area contributed by atoms with Crippen LogP contribution in [0.4, 0.5) is 4.39 Å². The van der Waals surface area contributed by atoms with Crippen LogP contribution in [0.5, 0.6) is 0 Å². The maximum atomic E-state index is 14.4. The van der Waals surface area contributed by atoms with Crippen LogP contribution in [0.2, 0.25) is 0 Å². The monoisotopic (exact) mass is 469 g/mol. The van der Waals surface area contributed by atoms with E-state index in [1.165, 1.54) is 22.4 Å². The average molecular weight is 470 g/mol. The van der Waals surface area contributed by atoms with Crippen molar-refractivity contribution in [1.29, 1.82) is 0 Å². The van der Waals surface area contributed by atoms with Gasteiger partial charge in [0, 0.05) is 19.6 Å². The number of nitrogens with one attached hydrogen (secondary N) is 1. The number of nitrogens with zero attached hydrogens (tertiary/aromatic N) is 6. The van der Waals surface area contributed by atoms with Crippen molar-refractivity contribution in [2.45, 2.75) is 56.1 Å². The Labute approximate surface area is 192 Å². The maximum Gasteiger partial charge on any atom is 0.330 e. The first-order valence-corrected chi connectivity index (χ1v) is 12.0. The van der Waals surface area contributed by atoms with Gasteiger partial charge in [-0.2, -0.15) is 0 Å². The van der Waals surface area contributed by atoms with Gasteiger partial charge in [0.2, 0.25) is 0 Å². The lowest BCUT2D eigenvalue weighted by atomic mass is 10.2. The second kappa shape index (κ2) is 8.62. The molecule has 1 saturated carbocycles. The van der Waals surface area contributed by atoms with Gasteiger partial charge >= 0.3 is 5.69 Å². The molecule has 172 valence electrons. The molecular weight excluding hydrogens is 445 g/mol. The number of thioether (sulfide) groups is 1.